The SMILES string of the molecule is COc1cc2c(cc1OC)-c1cc3c(CCC(=O)O)cccc3n1C2=O. The fraction of sp³-hybridized carbons (Fsp3) is 0.200. The summed E-state index contributed by atoms with van der Waals surface area (Å²) in [5.74, 6) is 0.106. The highest BCUT2D eigenvalue weighted by atomic mass is 16.5. The van der Waals surface area contributed by atoms with Crippen LogP contribution in [0.2, 0.25) is 0 Å². The number of methoxy groups -OCH3 is 2. The van der Waals surface area contributed by atoms with Crippen molar-refractivity contribution in [3.63, 3.8) is 0 Å². The average Bonchev–Trinajstić information content (AvgIpc) is 3.15. The summed E-state index contributed by atoms with van der Waals surface area (Å²) in [6.07, 6.45) is 0.471. The second-order valence-corrected chi connectivity index (χ2v) is 6.17. The molecule has 0 saturated carbocycles. The Labute approximate surface area is 149 Å². The number of ether oxygens (including phenoxy) is 2. The van der Waals surface area contributed by atoms with Crippen LogP contribution in [0.5, 0.6) is 11.5 Å². The summed E-state index contributed by atoms with van der Waals surface area (Å²) in [7, 11) is 3.09. The highest BCUT2D eigenvalue weighted by Gasteiger charge is 2.31. The van der Waals surface area contributed by atoms with Crippen molar-refractivity contribution >= 4 is 22.8 Å². The Morgan fingerprint density at radius 2 is 1.77 bits per heavy atom. The fourth-order valence-electron chi connectivity index (χ4n) is 3.56. The van der Waals surface area contributed by atoms with Crippen LogP contribution in [0.4, 0.5) is 0 Å². The average molecular weight is 351 g/mol. The lowest BCUT2D eigenvalue weighted by molar-refractivity contribution is -0.136. The summed E-state index contributed by atoms with van der Waals surface area (Å²) in [5.41, 5.74) is 3.83. The van der Waals surface area contributed by atoms with Crippen LogP contribution in [0.3, 0.4) is 0 Å². The Kier molecular flexibility index (Phi) is 3.68. The Bertz CT molecular complexity index is 1060. The van der Waals surface area contributed by atoms with E-state index in [1.54, 1.807) is 23.8 Å². The van der Waals surface area contributed by atoms with Gasteiger partial charge in [-0.15, -0.1) is 0 Å². The molecule has 0 spiro atoms. The van der Waals surface area contributed by atoms with Crippen LogP contribution in [-0.4, -0.2) is 35.8 Å². The van der Waals surface area contributed by atoms with Gasteiger partial charge in [-0.1, -0.05) is 12.1 Å². The van der Waals surface area contributed by atoms with Crippen molar-refractivity contribution in [1.29, 1.82) is 0 Å². The number of aliphatic carboxylic acids is 1. The molecule has 0 bridgehead atoms. The molecule has 6 heteroatoms. The molecule has 0 aliphatic carbocycles. The Hall–Kier alpha value is -3.28. The van der Waals surface area contributed by atoms with Gasteiger partial charge in [0.25, 0.3) is 5.91 Å². The second kappa shape index (κ2) is 5.91. The molecule has 0 radical (unpaired) electrons. The van der Waals surface area contributed by atoms with E-state index >= 15 is 0 Å². The van der Waals surface area contributed by atoms with Crippen molar-refractivity contribution in [2.75, 3.05) is 14.2 Å². The van der Waals surface area contributed by atoms with E-state index in [1.165, 1.54) is 7.11 Å². The minimum Gasteiger partial charge on any atom is -0.493 e. The maximum atomic E-state index is 13.0. The maximum Gasteiger partial charge on any atom is 0.303 e. The molecule has 1 N–H and O–H groups in total. The van der Waals surface area contributed by atoms with Gasteiger partial charge in [0.2, 0.25) is 0 Å². The first-order valence-corrected chi connectivity index (χ1v) is 8.21. The molecule has 2 heterocycles. The lowest BCUT2D eigenvalue weighted by Gasteiger charge is -2.09. The highest BCUT2D eigenvalue weighted by Crippen LogP contribution is 2.43. The number of carboxylic acids is 1. The van der Waals surface area contributed by atoms with Crippen molar-refractivity contribution in [3.8, 4) is 22.8 Å². The van der Waals surface area contributed by atoms with Crippen LogP contribution in [0.1, 0.15) is 22.3 Å². The van der Waals surface area contributed by atoms with Gasteiger partial charge in [-0.2, -0.15) is 0 Å². The molecule has 1 aliphatic heterocycles. The predicted octanol–water partition coefficient (Wildman–Crippen LogP) is 3.34. The molecule has 1 aliphatic rings. The summed E-state index contributed by atoms with van der Waals surface area (Å²) < 4.78 is 12.3. The minimum absolute atomic E-state index is 0.0508. The molecule has 3 aromatic rings. The molecule has 2 aromatic carbocycles. The Balaban J connectivity index is 1.91. The standard InChI is InChI=1S/C20H17NO5/c1-25-17-9-13-14(10-18(17)26-2)20(24)21-15-5-3-4-11(6-7-19(22)23)12(15)8-16(13)21/h3-5,8-10H,6-7H2,1-2H3,(H,22,23). The van der Waals surface area contributed by atoms with Crippen molar-refractivity contribution in [1.82, 2.24) is 4.57 Å². The zero-order valence-corrected chi connectivity index (χ0v) is 14.4. The molecule has 1 aromatic heterocycles. The summed E-state index contributed by atoms with van der Waals surface area (Å²) in [5, 5.41) is 9.86. The van der Waals surface area contributed by atoms with E-state index < -0.39 is 5.97 Å². The number of aromatic nitrogens is 1. The Morgan fingerprint density at radius 3 is 2.42 bits per heavy atom. The molecule has 0 amide bonds. The van der Waals surface area contributed by atoms with E-state index in [9.17, 15) is 9.59 Å². The topological polar surface area (TPSA) is 77.8 Å². The Morgan fingerprint density at radius 1 is 1.08 bits per heavy atom. The van der Waals surface area contributed by atoms with E-state index in [1.807, 2.05) is 24.3 Å². The molecule has 4 rings (SSSR count). The first-order valence-electron chi connectivity index (χ1n) is 8.21. The zero-order chi connectivity index (χ0) is 18.4. The van der Waals surface area contributed by atoms with E-state index in [2.05, 4.69) is 0 Å². The summed E-state index contributed by atoms with van der Waals surface area (Å²) in [6, 6.07) is 11.1. The van der Waals surface area contributed by atoms with Crippen molar-refractivity contribution in [2.45, 2.75) is 12.8 Å². The van der Waals surface area contributed by atoms with Crippen molar-refractivity contribution < 1.29 is 24.2 Å². The van der Waals surface area contributed by atoms with E-state index in [0.29, 0.717) is 23.5 Å². The van der Waals surface area contributed by atoms with Gasteiger partial charge in [0, 0.05) is 17.4 Å². The van der Waals surface area contributed by atoms with Gasteiger partial charge in [-0.05, 0) is 36.2 Å². The van der Waals surface area contributed by atoms with Gasteiger partial charge in [-0.25, -0.2) is 0 Å². The number of rotatable bonds is 5. The third-order valence-electron chi connectivity index (χ3n) is 4.78. The van der Waals surface area contributed by atoms with E-state index in [4.69, 9.17) is 14.6 Å². The monoisotopic (exact) mass is 351 g/mol. The molecular formula is C20H17NO5. The van der Waals surface area contributed by atoms with Crippen LogP contribution in [0, 0.1) is 0 Å². The summed E-state index contributed by atoms with van der Waals surface area (Å²) >= 11 is 0. The summed E-state index contributed by atoms with van der Waals surface area (Å²) in [6.45, 7) is 0. The first kappa shape index (κ1) is 16.2. The molecule has 132 valence electrons. The normalized spacial score (nSPS) is 12.2. The number of carboxylic acid groups (broad SMARTS) is 1. The quantitative estimate of drug-likeness (QED) is 0.597. The number of aryl methyl sites for hydroxylation is 1. The minimum atomic E-state index is -0.841. The molecular weight excluding hydrogens is 334 g/mol. The van der Waals surface area contributed by atoms with Crippen LogP contribution in [-0.2, 0) is 11.2 Å². The smallest absolute Gasteiger partial charge is 0.303 e. The third kappa shape index (κ3) is 2.26. The fourth-order valence-corrected chi connectivity index (χ4v) is 3.56. The number of hydrogen-bond acceptors (Lipinski definition) is 4. The van der Waals surface area contributed by atoms with Gasteiger partial charge in [0.15, 0.2) is 11.5 Å². The number of benzene rings is 2. The molecule has 0 unspecified atom stereocenters. The van der Waals surface area contributed by atoms with Crippen molar-refractivity contribution in [2.24, 2.45) is 0 Å². The largest absolute Gasteiger partial charge is 0.493 e. The van der Waals surface area contributed by atoms with Crippen LogP contribution >= 0.6 is 0 Å². The summed E-state index contributed by atoms with van der Waals surface area (Å²) in [4.78, 5) is 23.9. The highest BCUT2D eigenvalue weighted by molar-refractivity contribution is 6.15. The number of hydrogen-bond donors (Lipinski definition) is 1. The van der Waals surface area contributed by atoms with Gasteiger partial charge in [0.1, 0.15) is 0 Å². The maximum absolute atomic E-state index is 13.0. The second-order valence-electron chi connectivity index (χ2n) is 6.17. The molecule has 0 saturated heterocycles. The zero-order valence-electron chi connectivity index (χ0n) is 14.4. The van der Waals surface area contributed by atoms with Crippen LogP contribution in [0.25, 0.3) is 22.2 Å². The lowest BCUT2D eigenvalue weighted by atomic mass is 10.0. The van der Waals surface area contributed by atoms with Gasteiger partial charge >= 0.3 is 5.97 Å². The lowest BCUT2D eigenvalue weighted by Crippen LogP contribution is -2.06. The number of fused-ring (bicyclic) bond motifs is 5. The molecule has 0 fully saturated rings. The molecule has 26 heavy (non-hydrogen) atoms. The predicted molar refractivity (Wildman–Crippen MR) is 96.2 cm³/mol. The van der Waals surface area contributed by atoms with Crippen molar-refractivity contribution in [3.05, 3.63) is 47.5 Å². The molecule has 0 atom stereocenters. The van der Waals surface area contributed by atoms with Crippen LogP contribution < -0.4 is 9.47 Å². The van der Waals surface area contributed by atoms with Crippen LogP contribution in [0.15, 0.2) is 36.4 Å². The van der Waals surface area contributed by atoms with E-state index in [-0.39, 0.29) is 12.3 Å². The van der Waals surface area contributed by atoms with Gasteiger partial charge in [-0.3, -0.25) is 14.2 Å². The third-order valence-corrected chi connectivity index (χ3v) is 4.78. The number of carbonyl (C=O) groups is 2. The number of carbonyl (C=O) groups excluding carboxylic acids is 1. The van der Waals surface area contributed by atoms with Gasteiger partial charge < -0.3 is 14.6 Å². The van der Waals surface area contributed by atoms with Gasteiger partial charge in [0.05, 0.1) is 31.0 Å². The first-order chi connectivity index (χ1) is 12.5. The van der Waals surface area contributed by atoms with E-state index in [0.717, 1.165) is 27.7 Å². The molecule has 6 nitrogen and oxygen atoms in total. The number of nitrogens with zero attached hydrogens (tertiary/aromatic N) is 1.